The summed E-state index contributed by atoms with van der Waals surface area (Å²) in [6.45, 7) is 0.573. The second kappa shape index (κ2) is 6.56. The molecule has 6 heteroatoms. The highest BCUT2D eigenvalue weighted by Crippen LogP contribution is 2.32. The highest BCUT2D eigenvalue weighted by molar-refractivity contribution is 6.32. The first kappa shape index (κ1) is 16.2. The molecule has 1 aromatic heterocycles. The molecule has 0 fully saturated rings. The van der Waals surface area contributed by atoms with Crippen molar-refractivity contribution in [3.8, 4) is 11.3 Å². The lowest BCUT2D eigenvalue weighted by atomic mass is 10.2. The monoisotopic (exact) mass is 371 g/mol. The third-order valence-electron chi connectivity index (χ3n) is 4.18. The van der Waals surface area contributed by atoms with Crippen LogP contribution in [0.25, 0.3) is 17.3 Å². The average molecular weight is 372 g/mol. The number of hydrogen-bond acceptors (Lipinski definition) is 3. The van der Waals surface area contributed by atoms with Crippen molar-refractivity contribution >= 4 is 35.0 Å². The molecular weight excluding hydrogens is 357 g/mol. The zero-order valence-electron chi connectivity index (χ0n) is 13.2. The standard InChI is InChI=1S/C19H15Cl2N3O/c20-15-6-4-14(5-7-15)18-19(21)24-12-23(9-8-17(24)22-18)16-3-1-2-13(10-16)11-25/h1-10,25H,11-12H2. The summed E-state index contributed by atoms with van der Waals surface area (Å²) in [6, 6.07) is 15.3. The third-order valence-corrected chi connectivity index (χ3v) is 4.81. The van der Waals surface area contributed by atoms with E-state index in [1.165, 1.54) is 0 Å². The first-order chi connectivity index (χ1) is 12.2. The topological polar surface area (TPSA) is 41.3 Å². The molecule has 0 aliphatic carbocycles. The number of hydrogen-bond donors (Lipinski definition) is 1. The molecule has 25 heavy (non-hydrogen) atoms. The van der Waals surface area contributed by atoms with Crippen LogP contribution in [0, 0.1) is 0 Å². The smallest absolute Gasteiger partial charge is 0.138 e. The van der Waals surface area contributed by atoms with Crippen molar-refractivity contribution in [1.82, 2.24) is 9.55 Å². The molecule has 126 valence electrons. The molecule has 0 atom stereocenters. The van der Waals surface area contributed by atoms with Gasteiger partial charge in [0, 0.05) is 22.5 Å². The van der Waals surface area contributed by atoms with Gasteiger partial charge in [-0.15, -0.1) is 0 Å². The molecule has 0 unspecified atom stereocenters. The molecular formula is C19H15Cl2N3O. The number of anilines is 1. The number of halogens is 2. The second-order valence-electron chi connectivity index (χ2n) is 5.80. The van der Waals surface area contributed by atoms with Crippen molar-refractivity contribution in [2.45, 2.75) is 13.3 Å². The first-order valence-corrected chi connectivity index (χ1v) is 8.58. The van der Waals surface area contributed by atoms with Gasteiger partial charge in [-0.3, -0.25) is 4.57 Å². The Morgan fingerprint density at radius 1 is 1.08 bits per heavy atom. The minimum Gasteiger partial charge on any atom is -0.392 e. The summed E-state index contributed by atoms with van der Waals surface area (Å²) in [5.74, 6) is 0.810. The van der Waals surface area contributed by atoms with E-state index in [2.05, 4.69) is 9.88 Å². The highest BCUT2D eigenvalue weighted by atomic mass is 35.5. The van der Waals surface area contributed by atoms with Crippen molar-refractivity contribution in [3.63, 3.8) is 0 Å². The lowest BCUT2D eigenvalue weighted by Gasteiger charge is -2.25. The van der Waals surface area contributed by atoms with Gasteiger partial charge in [0.1, 0.15) is 23.3 Å². The molecule has 0 spiro atoms. The Kier molecular flexibility index (Phi) is 4.25. The predicted molar refractivity (Wildman–Crippen MR) is 102 cm³/mol. The summed E-state index contributed by atoms with van der Waals surface area (Å²) in [7, 11) is 0. The summed E-state index contributed by atoms with van der Waals surface area (Å²) < 4.78 is 1.96. The first-order valence-electron chi connectivity index (χ1n) is 7.82. The Labute approximate surface area is 155 Å². The van der Waals surface area contributed by atoms with Gasteiger partial charge in [-0.2, -0.15) is 0 Å². The minimum absolute atomic E-state index is 0.0171. The second-order valence-corrected chi connectivity index (χ2v) is 6.59. The third kappa shape index (κ3) is 3.04. The van der Waals surface area contributed by atoms with Crippen molar-refractivity contribution in [3.05, 3.63) is 76.3 Å². The molecule has 1 aliphatic heterocycles. The molecule has 0 bridgehead atoms. The quantitative estimate of drug-likeness (QED) is 0.718. The maximum absolute atomic E-state index is 9.33. The maximum atomic E-state index is 9.33. The molecule has 1 N–H and O–H groups in total. The van der Waals surface area contributed by atoms with Crippen LogP contribution >= 0.6 is 23.2 Å². The van der Waals surface area contributed by atoms with Crippen LogP contribution in [0.5, 0.6) is 0 Å². The summed E-state index contributed by atoms with van der Waals surface area (Å²) in [6.07, 6.45) is 3.90. The number of aliphatic hydroxyl groups excluding tert-OH is 1. The van der Waals surface area contributed by atoms with Crippen LogP contribution in [0.3, 0.4) is 0 Å². The Balaban J connectivity index is 1.68. The van der Waals surface area contributed by atoms with Crippen LogP contribution in [-0.4, -0.2) is 14.7 Å². The van der Waals surface area contributed by atoms with E-state index in [0.29, 0.717) is 16.8 Å². The fourth-order valence-electron chi connectivity index (χ4n) is 2.86. The van der Waals surface area contributed by atoms with Gasteiger partial charge in [0.2, 0.25) is 0 Å². The van der Waals surface area contributed by atoms with Crippen molar-refractivity contribution in [2.24, 2.45) is 0 Å². The van der Waals surface area contributed by atoms with Gasteiger partial charge in [0.25, 0.3) is 0 Å². The minimum atomic E-state index is 0.0171. The molecule has 0 radical (unpaired) electrons. The number of aromatic nitrogens is 2. The molecule has 4 rings (SSSR count). The van der Waals surface area contributed by atoms with Gasteiger partial charge >= 0.3 is 0 Å². The van der Waals surface area contributed by atoms with Gasteiger partial charge in [-0.05, 0) is 35.9 Å². The van der Waals surface area contributed by atoms with E-state index in [0.717, 1.165) is 28.3 Å². The normalized spacial score (nSPS) is 13.2. The zero-order chi connectivity index (χ0) is 17.4. The van der Waals surface area contributed by atoms with Gasteiger partial charge in [-0.1, -0.05) is 47.5 Å². The van der Waals surface area contributed by atoms with Gasteiger partial charge < -0.3 is 10.0 Å². The largest absolute Gasteiger partial charge is 0.392 e. The lowest BCUT2D eigenvalue weighted by Crippen LogP contribution is -2.24. The Morgan fingerprint density at radius 2 is 1.88 bits per heavy atom. The van der Waals surface area contributed by atoms with Crippen LogP contribution in [0.2, 0.25) is 10.2 Å². The van der Waals surface area contributed by atoms with Crippen LogP contribution in [0.4, 0.5) is 5.69 Å². The summed E-state index contributed by atoms with van der Waals surface area (Å²) in [4.78, 5) is 6.71. The number of nitrogens with zero attached hydrogens (tertiary/aromatic N) is 3. The average Bonchev–Trinajstić information content (AvgIpc) is 2.98. The number of rotatable bonds is 3. The summed E-state index contributed by atoms with van der Waals surface area (Å²) in [5, 5.41) is 10.6. The molecule has 0 saturated carbocycles. The molecule has 1 aliphatic rings. The van der Waals surface area contributed by atoms with Gasteiger partial charge in [-0.25, -0.2) is 4.98 Å². The predicted octanol–water partition coefficient (Wildman–Crippen LogP) is 4.80. The Bertz CT molecular complexity index is 948. The van der Waals surface area contributed by atoms with Gasteiger partial charge in [0.05, 0.1) is 6.61 Å². The number of fused-ring (bicyclic) bond motifs is 1. The Morgan fingerprint density at radius 3 is 2.64 bits per heavy atom. The molecule has 2 heterocycles. The van der Waals surface area contributed by atoms with E-state index in [1.54, 1.807) is 0 Å². The van der Waals surface area contributed by atoms with E-state index in [9.17, 15) is 5.11 Å². The van der Waals surface area contributed by atoms with E-state index >= 15 is 0 Å². The highest BCUT2D eigenvalue weighted by Gasteiger charge is 2.20. The van der Waals surface area contributed by atoms with Gasteiger partial charge in [0.15, 0.2) is 0 Å². The zero-order valence-corrected chi connectivity index (χ0v) is 14.7. The summed E-state index contributed by atoms with van der Waals surface area (Å²) in [5.41, 5.74) is 3.53. The Hall–Kier alpha value is -2.27. The van der Waals surface area contributed by atoms with Crippen LogP contribution in [0.1, 0.15) is 11.4 Å². The molecule has 0 saturated heterocycles. The van der Waals surface area contributed by atoms with Crippen LogP contribution < -0.4 is 4.90 Å². The fourth-order valence-corrected chi connectivity index (χ4v) is 3.28. The number of benzene rings is 2. The summed E-state index contributed by atoms with van der Waals surface area (Å²) >= 11 is 12.6. The lowest BCUT2D eigenvalue weighted by molar-refractivity contribution is 0.282. The van der Waals surface area contributed by atoms with E-state index in [4.69, 9.17) is 23.2 Å². The molecule has 2 aromatic carbocycles. The van der Waals surface area contributed by atoms with Crippen LogP contribution in [0.15, 0.2) is 54.7 Å². The van der Waals surface area contributed by atoms with E-state index in [1.807, 2.05) is 65.4 Å². The number of aliphatic hydroxyl groups is 1. The molecule has 3 aromatic rings. The van der Waals surface area contributed by atoms with Crippen molar-refractivity contribution in [2.75, 3.05) is 4.90 Å². The SMILES string of the molecule is OCc1cccc(N2C=Cc3nc(-c4ccc(Cl)cc4)c(Cl)n3C2)c1. The fraction of sp³-hybridized carbons (Fsp3) is 0.105. The van der Waals surface area contributed by atoms with Crippen LogP contribution in [-0.2, 0) is 13.3 Å². The van der Waals surface area contributed by atoms with E-state index in [-0.39, 0.29) is 6.61 Å². The maximum Gasteiger partial charge on any atom is 0.138 e. The molecule has 4 nitrogen and oxygen atoms in total. The van der Waals surface area contributed by atoms with Crippen molar-refractivity contribution < 1.29 is 5.11 Å². The number of imidazole rings is 1. The molecule has 0 amide bonds. The van der Waals surface area contributed by atoms with E-state index < -0.39 is 0 Å². The van der Waals surface area contributed by atoms with Crippen molar-refractivity contribution in [1.29, 1.82) is 0 Å².